The molecule has 0 saturated heterocycles. The predicted octanol–water partition coefficient (Wildman–Crippen LogP) is 4.39. The molecule has 0 spiro atoms. The molecule has 0 unspecified atom stereocenters. The Hall–Kier alpha value is -1.53. The van der Waals surface area contributed by atoms with E-state index in [1.807, 2.05) is 0 Å². The summed E-state index contributed by atoms with van der Waals surface area (Å²) < 4.78 is 15.2. The Labute approximate surface area is 136 Å². The molecule has 0 radical (unpaired) electrons. The zero-order valence-corrected chi connectivity index (χ0v) is 13.8. The Morgan fingerprint density at radius 3 is 2.71 bits per heavy atom. The minimum Gasteiger partial charge on any atom is -0.306 e. The third kappa shape index (κ3) is 2.53. The molecule has 106 valence electrons. The van der Waals surface area contributed by atoms with Crippen LogP contribution in [-0.2, 0) is 5.33 Å². The number of para-hydroxylation sites is 1. The van der Waals surface area contributed by atoms with E-state index in [-0.39, 0.29) is 16.9 Å². The maximum absolute atomic E-state index is 14.5. The molecule has 0 atom stereocenters. The molecule has 3 nitrogen and oxygen atoms in total. The van der Waals surface area contributed by atoms with Gasteiger partial charge in [-0.3, -0.25) is 4.79 Å². The molecular weight excluding hydrogens is 403 g/mol. The van der Waals surface area contributed by atoms with Crippen LogP contribution in [0.3, 0.4) is 0 Å². The predicted molar refractivity (Wildman–Crippen MR) is 88.1 cm³/mol. The summed E-state index contributed by atoms with van der Waals surface area (Å²) >= 11 is 6.56. The third-order valence-corrected chi connectivity index (χ3v) is 4.49. The number of halogens is 3. The summed E-state index contributed by atoms with van der Waals surface area (Å²) in [7, 11) is 0. The fraction of sp³-hybridized carbons (Fsp3) is 0.0667. The molecule has 0 aliphatic rings. The molecule has 0 amide bonds. The van der Waals surface area contributed by atoms with Gasteiger partial charge in [-0.1, -0.05) is 44.0 Å². The topological polar surface area (TPSA) is 45.8 Å². The summed E-state index contributed by atoms with van der Waals surface area (Å²) in [6.45, 7) is 0. The highest BCUT2D eigenvalue weighted by molar-refractivity contribution is 9.10. The highest BCUT2D eigenvalue weighted by Crippen LogP contribution is 2.29. The van der Waals surface area contributed by atoms with Crippen LogP contribution in [0.4, 0.5) is 4.39 Å². The van der Waals surface area contributed by atoms with Crippen LogP contribution in [0.2, 0.25) is 0 Å². The average molecular weight is 412 g/mol. The fourth-order valence-electron chi connectivity index (χ4n) is 2.12. The molecule has 6 heteroatoms. The Balaban J connectivity index is 2.29. The number of alkyl halides is 1. The van der Waals surface area contributed by atoms with Gasteiger partial charge in [0.25, 0.3) is 5.56 Å². The van der Waals surface area contributed by atoms with Crippen molar-refractivity contribution in [2.75, 3.05) is 0 Å². The van der Waals surface area contributed by atoms with Crippen molar-refractivity contribution < 1.29 is 4.39 Å². The van der Waals surface area contributed by atoms with Crippen LogP contribution in [0, 0.1) is 5.82 Å². The highest BCUT2D eigenvalue weighted by atomic mass is 79.9. The van der Waals surface area contributed by atoms with E-state index in [2.05, 4.69) is 41.8 Å². The van der Waals surface area contributed by atoms with Gasteiger partial charge in [0, 0.05) is 15.4 Å². The third-order valence-electron chi connectivity index (χ3n) is 3.19. The first-order valence-electron chi connectivity index (χ1n) is 6.14. The lowest BCUT2D eigenvalue weighted by atomic mass is 10.1. The van der Waals surface area contributed by atoms with Gasteiger partial charge in [0.05, 0.1) is 16.5 Å². The zero-order valence-electron chi connectivity index (χ0n) is 10.7. The quantitative estimate of drug-likeness (QED) is 0.635. The van der Waals surface area contributed by atoms with E-state index < -0.39 is 5.82 Å². The maximum Gasteiger partial charge on any atom is 0.259 e. The molecule has 1 heterocycles. The smallest absolute Gasteiger partial charge is 0.259 e. The van der Waals surface area contributed by atoms with Crippen LogP contribution in [-0.4, -0.2) is 9.97 Å². The molecule has 0 bridgehead atoms. The molecule has 3 rings (SSSR count). The lowest BCUT2D eigenvalue weighted by Crippen LogP contribution is -2.10. The molecule has 0 saturated carbocycles. The Bertz CT molecular complexity index is 892. The van der Waals surface area contributed by atoms with Gasteiger partial charge in [-0.05, 0) is 24.3 Å². The second-order valence-electron chi connectivity index (χ2n) is 4.45. The van der Waals surface area contributed by atoms with Crippen molar-refractivity contribution in [3.63, 3.8) is 0 Å². The fourth-order valence-corrected chi connectivity index (χ4v) is 3.49. The minimum absolute atomic E-state index is 0.228. The summed E-state index contributed by atoms with van der Waals surface area (Å²) in [5.41, 5.74) is 1.02. The van der Waals surface area contributed by atoms with E-state index in [4.69, 9.17) is 0 Å². The van der Waals surface area contributed by atoms with Gasteiger partial charge in [-0.25, -0.2) is 9.37 Å². The van der Waals surface area contributed by atoms with Crippen LogP contribution in [0.15, 0.2) is 45.7 Å². The Kier molecular flexibility index (Phi) is 3.91. The van der Waals surface area contributed by atoms with Crippen molar-refractivity contribution in [2.24, 2.45) is 0 Å². The van der Waals surface area contributed by atoms with Crippen LogP contribution >= 0.6 is 31.9 Å². The number of aromatic nitrogens is 2. The highest BCUT2D eigenvalue weighted by Gasteiger charge is 2.15. The molecule has 1 aromatic heterocycles. The summed E-state index contributed by atoms with van der Waals surface area (Å²) in [5, 5.41) is 0.852. The second-order valence-corrected chi connectivity index (χ2v) is 5.87. The first-order valence-corrected chi connectivity index (χ1v) is 8.05. The van der Waals surface area contributed by atoms with Gasteiger partial charge < -0.3 is 4.98 Å². The van der Waals surface area contributed by atoms with Crippen LogP contribution in [0.5, 0.6) is 0 Å². The van der Waals surface area contributed by atoms with E-state index in [1.165, 1.54) is 0 Å². The van der Waals surface area contributed by atoms with Crippen molar-refractivity contribution >= 4 is 42.8 Å². The monoisotopic (exact) mass is 410 g/mol. The van der Waals surface area contributed by atoms with Crippen molar-refractivity contribution in [2.45, 2.75) is 5.33 Å². The molecule has 0 aliphatic carbocycles. The average Bonchev–Trinajstić information content (AvgIpc) is 2.48. The first-order chi connectivity index (χ1) is 10.1. The van der Waals surface area contributed by atoms with E-state index in [1.54, 1.807) is 36.4 Å². The summed E-state index contributed by atoms with van der Waals surface area (Å²) in [4.78, 5) is 19.1. The van der Waals surface area contributed by atoms with Gasteiger partial charge in [-0.2, -0.15) is 0 Å². The number of benzene rings is 2. The number of nitrogens with zero attached hydrogens (tertiary/aromatic N) is 1. The number of H-pyrrole nitrogens is 1. The van der Waals surface area contributed by atoms with Gasteiger partial charge in [0.15, 0.2) is 0 Å². The molecule has 3 aromatic rings. The Morgan fingerprint density at radius 1 is 1.19 bits per heavy atom. The standard InChI is InChI=1S/C15H9Br2FN2O/c16-7-10-11(17)6-5-9(13(10)18)14-19-12-4-2-1-3-8(12)15(21)20-14/h1-6H,7H2,(H,19,20,21). The van der Waals surface area contributed by atoms with Crippen molar-refractivity contribution in [3.8, 4) is 11.4 Å². The number of fused-ring (bicyclic) bond motifs is 1. The molecule has 0 fully saturated rings. The van der Waals surface area contributed by atoms with Crippen molar-refractivity contribution in [1.29, 1.82) is 0 Å². The normalized spacial score (nSPS) is 11.0. The van der Waals surface area contributed by atoms with Crippen molar-refractivity contribution in [3.05, 3.63) is 62.6 Å². The van der Waals surface area contributed by atoms with Crippen LogP contribution in [0.1, 0.15) is 5.56 Å². The van der Waals surface area contributed by atoms with E-state index in [0.717, 1.165) is 0 Å². The zero-order chi connectivity index (χ0) is 15.0. The minimum atomic E-state index is -0.403. The van der Waals surface area contributed by atoms with Crippen LogP contribution in [0.25, 0.3) is 22.3 Å². The SMILES string of the molecule is O=c1[nH]c(-c2ccc(Br)c(CBr)c2F)nc2ccccc12. The van der Waals surface area contributed by atoms with E-state index >= 15 is 0 Å². The Morgan fingerprint density at radius 2 is 1.95 bits per heavy atom. The van der Waals surface area contributed by atoms with Crippen LogP contribution < -0.4 is 5.56 Å². The number of hydrogen-bond donors (Lipinski definition) is 1. The summed E-state index contributed by atoms with van der Waals surface area (Å²) in [6, 6.07) is 10.3. The molecular formula is C15H9Br2FN2O. The van der Waals surface area contributed by atoms with Crippen molar-refractivity contribution in [1.82, 2.24) is 9.97 Å². The number of nitrogens with one attached hydrogen (secondary N) is 1. The molecule has 1 N–H and O–H groups in total. The van der Waals surface area contributed by atoms with Gasteiger partial charge in [-0.15, -0.1) is 0 Å². The van der Waals surface area contributed by atoms with Gasteiger partial charge in [0.2, 0.25) is 0 Å². The van der Waals surface area contributed by atoms with E-state index in [9.17, 15) is 9.18 Å². The number of aromatic amines is 1. The molecule has 21 heavy (non-hydrogen) atoms. The lowest BCUT2D eigenvalue weighted by Gasteiger charge is -2.09. The molecule has 2 aromatic carbocycles. The second kappa shape index (κ2) is 5.69. The largest absolute Gasteiger partial charge is 0.306 e. The number of rotatable bonds is 2. The molecule has 0 aliphatic heterocycles. The van der Waals surface area contributed by atoms with Gasteiger partial charge in [0.1, 0.15) is 11.6 Å². The first kappa shape index (κ1) is 14.4. The van der Waals surface area contributed by atoms with Gasteiger partial charge >= 0.3 is 0 Å². The summed E-state index contributed by atoms with van der Waals surface area (Å²) in [5.74, 6) is -0.175. The number of hydrogen-bond acceptors (Lipinski definition) is 2. The summed E-state index contributed by atoms with van der Waals surface area (Å²) in [6.07, 6.45) is 0. The maximum atomic E-state index is 14.5. The van der Waals surface area contributed by atoms with E-state index in [0.29, 0.717) is 26.3 Å². The lowest BCUT2D eigenvalue weighted by molar-refractivity contribution is 0.618.